The van der Waals surface area contributed by atoms with Gasteiger partial charge in [-0.15, -0.1) is 0 Å². The van der Waals surface area contributed by atoms with Crippen molar-refractivity contribution in [3.8, 4) is 0 Å². The Kier molecular flexibility index (Phi) is 4.14. The van der Waals surface area contributed by atoms with E-state index in [0.717, 1.165) is 0 Å². The predicted octanol–water partition coefficient (Wildman–Crippen LogP) is 3.31. The van der Waals surface area contributed by atoms with Gasteiger partial charge in [0.1, 0.15) is 5.02 Å². The van der Waals surface area contributed by atoms with Gasteiger partial charge in [-0.3, -0.25) is 4.79 Å². The minimum Gasteiger partial charge on any atom is -0.478 e. The lowest BCUT2D eigenvalue weighted by Gasteiger charge is -2.05. The number of benzene rings is 2. The number of aromatic carboxylic acids is 1. The maximum absolute atomic E-state index is 12.4. The Labute approximate surface area is 125 Å². The molecule has 6 heteroatoms. The van der Waals surface area contributed by atoms with E-state index in [9.17, 15) is 14.5 Å². The van der Waals surface area contributed by atoms with E-state index in [1.165, 1.54) is 37.4 Å². The Morgan fingerprint density at radius 2 is 1.71 bits per heavy atom. The summed E-state index contributed by atoms with van der Waals surface area (Å²) in [5.41, 5.74) is 0.322. The van der Waals surface area contributed by atoms with Crippen molar-refractivity contribution in [2.75, 3.05) is 7.05 Å². The standard InChI is InChI=1S/C15H10ClNO4/c1-17(21)13-8-9(6-7-12(13)16)14(18)10-4-2-3-5-11(10)15(19)20/h2-8H,1H3/p+1. The van der Waals surface area contributed by atoms with Crippen molar-refractivity contribution in [1.82, 2.24) is 0 Å². The van der Waals surface area contributed by atoms with E-state index >= 15 is 0 Å². The van der Waals surface area contributed by atoms with Crippen molar-refractivity contribution >= 4 is 29.0 Å². The number of carboxylic acid groups (broad SMARTS) is 1. The fraction of sp³-hybridized carbons (Fsp3) is 0.0667. The number of rotatable bonds is 4. The fourth-order valence-corrected chi connectivity index (χ4v) is 2.15. The van der Waals surface area contributed by atoms with Gasteiger partial charge in [0.25, 0.3) is 5.69 Å². The third-order valence-corrected chi connectivity index (χ3v) is 3.27. The molecule has 0 aliphatic carbocycles. The van der Waals surface area contributed by atoms with E-state index < -0.39 is 11.8 Å². The minimum atomic E-state index is -1.19. The number of carbonyl (C=O) groups is 2. The summed E-state index contributed by atoms with van der Waals surface area (Å²) in [6, 6.07) is 10.1. The van der Waals surface area contributed by atoms with Crippen LogP contribution in [-0.2, 0) is 0 Å². The molecule has 0 unspecified atom stereocenters. The molecule has 5 nitrogen and oxygen atoms in total. The first-order chi connectivity index (χ1) is 9.91. The number of carboxylic acids is 1. The van der Waals surface area contributed by atoms with E-state index in [1.54, 1.807) is 12.1 Å². The first-order valence-corrected chi connectivity index (χ1v) is 6.37. The Hall–Kier alpha value is -2.53. The third kappa shape index (κ3) is 2.98. The lowest BCUT2D eigenvalue weighted by atomic mass is 9.98. The molecule has 21 heavy (non-hydrogen) atoms. The van der Waals surface area contributed by atoms with Crippen LogP contribution in [0.3, 0.4) is 0 Å². The number of halogens is 1. The molecule has 106 valence electrons. The van der Waals surface area contributed by atoms with Crippen molar-refractivity contribution < 1.29 is 19.5 Å². The SMILES string of the molecule is C[N+](=O)c1cc(C(=O)c2ccccc2C(=O)O)ccc1Cl. The largest absolute Gasteiger partial charge is 0.478 e. The first-order valence-electron chi connectivity index (χ1n) is 5.99. The van der Waals surface area contributed by atoms with Gasteiger partial charge in [0.05, 0.1) is 5.56 Å². The summed E-state index contributed by atoms with van der Waals surface area (Å²) in [4.78, 5) is 35.0. The van der Waals surface area contributed by atoms with Gasteiger partial charge in [-0.1, -0.05) is 29.8 Å². The summed E-state index contributed by atoms with van der Waals surface area (Å²) in [6.07, 6.45) is 0. The van der Waals surface area contributed by atoms with Crippen molar-refractivity contribution in [2.45, 2.75) is 0 Å². The molecule has 2 rings (SSSR count). The second-order valence-electron chi connectivity index (χ2n) is 4.34. The molecule has 0 atom stereocenters. The van der Waals surface area contributed by atoms with Gasteiger partial charge in [-0.25, -0.2) is 4.79 Å². The van der Waals surface area contributed by atoms with Crippen LogP contribution in [0.25, 0.3) is 0 Å². The number of carbonyl (C=O) groups excluding carboxylic acids is 1. The van der Waals surface area contributed by atoms with Crippen LogP contribution in [0.15, 0.2) is 42.5 Å². The number of nitroso groups, excluding NO2 is 1. The van der Waals surface area contributed by atoms with Crippen molar-refractivity contribution in [1.29, 1.82) is 0 Å². The van der Waals surface area contributed by atoms with E-state index in [1.807, 2.05) is 0 Å². The summed E-state index contributed by atoms with van der Waals surface area (Å²) in [5.74, 6) is -1.66. The molecule has 0 aromatic heterocycles. The Morgan fingerprint density at radius 1 is 1.10 bits per heavy atom. The molecule has 0 saturated heterocycles. The normalized spacial score (nSPS) is 10.2. The lowest BCUT2D eigenvalue weighted by molar-refractivity contribution is -0.428. The molecule has 0 bridgehead atoms. The van der Waals surface area contributed by atoms with E-state index in [0.29, 0.717) is 4.76 Å². The number of hydrogen-bond donors (Lipinski definition) is 1. The minimum absolute atomic E-state index is 0.0619. The molecular weight excluding hydrogens is 294 g/mol. The molecule has 0 amide bonds. The second-order valence-corrected chi connectivity index (χ2v) is 4.75. The van der Waals surface area contributed by atoms with Crippen molar-refractivity contribution in [2.24, 2.45) is 0 Å². The zero-order valence-electron chi connectivity index (χ0n) is 11.0. The molecule has 0 saturated carbocycles. The Balaban J connectivity index is 2.53. The third-order valence-electron chi connectivity index (χ3n) is 2.95. The summed E-state index contributed by atoms with van der Waals surface area (Å²) in [7, 11) is 1.26. The molecule has 0 aliphatic rings. The van der Waals surface area contributed by atoms with Crippen LogP contribution in [-0.4, -0.2) is 28.7 Å². The average molecular weight is 305 g/mol. The number of nitrogens with zero attached hydrogens (tertiary/aromatic N) is 1. The topological polar surface area (TPSA) is 74.5 Å². The molecule has 2 aromatic rings. The predicted molar refractivity (Wildman–Crippen MR) is 77.5 cm³/mol. The number of hydrogen-bond acceptors (Lipinski definition) is 3. The fourth-order valence-electron chi connectivity index (χ4n) is 1.92. The maximum atomic E-state index is 12.4. The molecule has 0 fully saturated rings. The van der Waals surface area contributed by atoms with Gasteiger partial charge in [0.2, 0.25) is 0 Å². The monoisotopic (exact) mass is 304 g/mol. The molecule has 0 aliphatic heterocycles. The maximum Gasteiger partial charge on any atom is 0.336 e. The van der Waals surface area contributed by atoms with Crippen LogP contribution in [0.4, 0.5) is 5.69 Å². The van der Waals surface area contributed by atoms with Gasteiger partial charge in [-0.2, -0.15) is 0 Å². The zero-order chi connectivity index (χ0) is 15.6. The molecular formula is C15H11ClNO4+. The van der Waals surface area contributed by atoms with E-state index in [-0.39, 0.29) is 27.4 Å². The van der Waals surface area contributed by atoms with Crippen LogP contribution in [0.1, 0.15) is 26.3 Å². The highest BCUT2D eigenvalue weighted by Crippen LogP contribution is 2.26. The quantitative estimate of drug-likeness (QED) is 0.694. The second kappa shape index (κ2) is 5.85. The van der Waals surface area contributed by atoms with Gasteiger partial charge >= 0.3 is 5.97 Å². The Bertz CT molecular complexity index is 755. The molecule has 0 spiro atoms. The van der Waals surface area contributed by atoms with Crippen LogP contribution < -0.4 is 0 Å². The first kappa shape index (κ1) is 14.9. The average Bonchev–Trinajstić information content (AvgIpc) is 2.46. The van der Waals surface area contributed by atoms with Crippen molar-refractivity contribution in [3.05, 3.63) is 69.1 Å². The van der Waals surface area contributed by atoms with Gasteiger partial charge in [0.15, 0.2) is 12.8 Å². The lowest BCUT2D eigenvalue weighted by Crippen LogP contribution is -2.09. The van der Waals surface area contributed by atoms with E-state index in [2.05, 4.69) is 0 Å². The molecule has 1 N–H and O–H groups in total. The van der Waals surface area contributed by atoms with Crippen LogP contribution in [0.2, 0.25) is 5.02 Å². The molecule has 0 radical (unpaired) electrons. The summed E-state index contributed by atoms with van der Waals surface area (Å²) in [5, 5.41) is 9.33. The zero-order valence-corrected chi connectivity index (χ0v) is 11.8. The van der Waals surface area contributed by atoms with Crippen LogP contribution in [0.5, 0.6) is 0 Å². The van der Waals surface area contributed by atoms with Crippen LogP contribution in [0, 0.1) is 4.91 Å². The van der Waals surface area contributed by atoms with Gasteiger partial charge in [-0.05, 0) is 18.2 Å². The number of ketones is 1. The smallest absolute Gasteiger partial charge is 0.336 e. The highest BCUT2D eigenvalue weighted by Gasteiger charge is 2.21. The summed E-state index contributed by atoms with van der Waals surface area (Å²) >= 11 is 5.88. The Morgan fingerprint density at radius 3 is 2.29 bits per heavy atom. The highest BCUT2D eigenvalue weighted by atomic mass is 35.5. The summed E-state index contributed by atoms with van der Waals surface area (Å²) < 4.78 is 0.544. The molecule has 0 heterocycles. The highest BCUT2D eigenvalue weighted by molar-refractivity contribution is 6.32. The molecule has 2 aromatic carbocycles. The van der Waals surface area contributed by atoms with Gasteiger partial charge in [0, 0.05) is 26.9 Å². The van der Waals surface area contributed by atoms with Crippen LogP contribution >= 0.6 is 11.6 Å². The van der Waals surface area contributed by atoms with Gasteiger partial charge < -0.3 is 5.11 Å². The van der Waals surface area contributed by atoms with Crippen molar-refractivity contribution in [3.63, 3.8) is 0 Å². The van der Waals surface area contributed by atoms with E-state index in [4.69, 9.17) is 16.7 Å². The summed E-state index contributed by atoms with van der Waals surface area (Å²) in [6.45, 7) is 0.